The fourth-order valence-electron chi connectivity index (χ4n) is 2.26. The van der Waals surface area contributed by atoms with Crippen LogP contribution in [0.1, 0.15) is 23.6 Å². The van der Waals surface area contributed by atoms with Gasteiger partial charge in [-0.25, -0.2) is 0 Å². The first-order valence-corrected chi connectivity index (χ1v) is 7.28. The number of carbonyl (C=O) groups is 1. The Balaban J connectivity index is 2.17. The first kappa shape index (κ1) is 15.0. The predicted molar refractivity (Wildman–Crippen MR) is 88.0 cm³/mol. The lowest BCUT2D eigenvalue weighted by molar-refractivity contribution is -0.113. The maximum atomic E-state index is 12.5. The molecule has 0 aromatic heterocycles. The van der Waals surface area contributed by atoms with Crippen molar-refractivity contribution in [2.24, 2.45) is 0 Å². The van der Waals surface area contributed by atoms with E-state index in [1.54, 1.807) is 6.20 Å². The first-order valence-electron chi connectivity index (χ1n) is 7.28. The molecule has 0 atom stereocenters. The van der Waals surface area contributed by atoms with E-state index in [1.807, 2.05) is 49.5 Å². The minimum atomic E-state index is 0.125. The van der Waals surface area contributed by atoms with Crippen molar-refractivity contribution < 1.29 is 4.79 Å². The lowest BCUT2D eigenvalue weighted by Crippen LogP contribution is -2.09. The van der Waals surface area contributed by atoms with Gasteiger partial charge in [-0.05, 0) is 23.1 Å². The SMILES string of the molecule is CCc1ccc(CC(=O)C(=CNC)c2ccccc2)cc1. The normalized spacial score (nSPS) is 11.2. The molecule has 21 heavy (non-hydrogen) atoms. The minimum Gasteiger partial charge on any atom is -0.393 e. The summed E-state index contributed by atoms with van der Waals surface area (Å²) in [4.78, 5) is 12.5. The van der Waals surface area contributed by atoms with Crippen LogP contribution in [0.2, 0.25) is 0 Å². The van der Waals surface area contributed by atoms with Crippen molar-refractivity contribution in [2.75, 3.05) is 7.05 Å². The highest BCUT2D eigenvalue weighted by Crippen LogP contribution is 2.17. The molecule has 0 fully saturated rings. The summed E-state index contributed by atoms with van der Waals surface area (Å²) in [6.07, 6.45) is 3.22. The third-order valence-electron chi connectivity index (χ3n) is 3.47. The van der Waals surface area contributed by atoms with Gasteiger partial charge in [-0.1, -0.05) is 61.5 Å². The maximum Gasteiger partial charge on any atom is 0.169 e. The molecule has 0 amide bonds. The number of hydrogen-bond donors (Lipinski definition) is 1. The Kier molecular flexibility index (Phi) is 5.33. The van der Waals surface area contributed by atoms with Crippen LogP contribution in [-0.2, 0) is 17.6 Å². The largest absolute Gasteiger partial charge is 0.393 e. The molecule has 0 aliphatic carbocycles. The second kappa shape index (κ2) is 7.44. The molecule has 0 aliphatic heterocycles. The van der Waals surface area contributed by atoms with Crippen molar-refractivity contribution in [2.45, 2.75) is 19.8 Å². The van der Waals surface area contributed by atoms with Crippen molar-refractivity contribution >= 4 is 11.4 Å². The fourth-order valence-corrected chi connectivity index (χ4v) is 2.26. The van der Waals surface area contributed by atoms with Crippen molar-refractivity contribution in [3.05, 3.63) is 77.5 Å². The van der Waals surface area contributed by atoms with Crippen LogP contribution in [0, 0.1) is 0 Å². The van der Waals surface area contributed by atoms with E-state index in [9.17, 15) is 4.79 Å². The predicted octanol–water partition coefficient (Wildman–Crippen LogP) is 3.62. The number of allylic oxidation sites excluding steroid dienone is 1. The van der Waals surface area contributed by atoms with Gasteiger partial charge in [0.15, 0.2) is 5.78 Å². The summed E-state index contributed by atoms with van der Waals surface area (Å²) in [6, 6.07) is 18.0. The second-order valence-electron chi connectivity index (χ2n) is 4.98. The Morgan fingerprint density at radius 2 is 1.62 bits per heavy atom. The van der Waals surface area contributed by atoms with E-state index in [2.05, 4.69) is 24.4 Å². The molecule has 0 heterocycles. The zero-order valence-corrected chi connectivity index (χ0v) is 12.6. The van der Waals surface area contributed by atoms with Crippen molar-refractivity contribution in [1.29, 1.82) is 0 Å². The van der Waals surface area contributed by atoms with Gasteiger partial charge < -0.3 is 5.32 Å². The average Bonchev–Trinajstić information content (AvgIpc) is 2.54. The molecule has 0 radical (unpaired) electrons. The van der Waals surface area contributed by atoms with Crippen LogP contribution in [0.25, 0.3) is 5.57 Å². The minimum absolute atomic E-state index is 0.125. The van der Waals surface area contributed by atoms with Gasteiger partial charge in [0.25, 0.3) is 0 Å². The molecule has 0 unspecified atom stereocenters. The van der Waals surface area contributed by atoms with Crippen LogP contribution in [0.4, 0.5) is 0 Å². The number of Topliss-reactive ketones (excluding diaryl/α,β-unsaturated/α-hetero) is 1. The quantitative estimate of drug-likeness (QED) is 0.818. The molecule has 1 N–H and O–H groups in total. The van der Waals surface area contributed by atoms with E-state index in [1.165, 1.54) is 5.56 Å². The molecule has 0 spiro atoms. The Morgan fingerprint density at radius 1 is 1.00 bits per heavy atom. The van der Waals surface area contributed by atoms with Crippen molar-refractivity contribution in [1.82, 2.24) is 5.32 Å². The molecule has 2 rings (SSSR count). The summed E-state index contributed by atoms with van der Waals surface area (Å²) in [5.74, 6) is 0.125. The van der Waals surface area contributed by atoms with Gasteiger partial charge in [0.1, 0.15) is 0 Å². The van der Waals surface area contributed by atoms with Crippen LogP contribution in [0.5, 0.6) is 0 Å². The molecule has 0 saturated carbocycles. The molecular formula is C19H21NO. The molecule has 0 saturated heterocycles. The topological polar surface area (TPSA) is 29.1 Å². The van der Waals surface area contributed by atoms with Crippen molar-refractivity contribution in [3.8, 4) is 0 Å². The van der Waals surface area contributed by atoms with Crippen LogP contribution < -0.4 is 5.32 Å². The van der Waals surface area contributed by atoms with E-state index >= 15 is 0 Å². The first-order chi connectivity index (χ1) is 10.2. The smallest absolute Gasteiger partial charge is 0.169 e. The molecule has 2 nitrogen and oxygen atoms in total. The number of nitrogens with one attached hydrogen (secondary N) is 1. The Labute approximate surface area is 126 Å². The monoisotopic (exact) mass is 279 g/mol. The van der Waals surface area contributed by atoms with E-state index in [4.69, 9.17) is 0 Å². The highest BCUT2D eigenvalue weighted by atomic mass is 16.1. The molecule has 2 heteroatoms. The Morgan fingerprint density at radius 3 is 2.19 bits per heavy atom. The number of benzene rings is 2. The number of aryl methyl sites for hydroxylation is 1. The standard InChI is InChI=1S/C19H21NO/c1-3-15-9-11-16(12-10-15)13-19(21)18(14-20-2)17-7-5-4-6-8-17/h4-12,14,20H,3,13H2,1-2H3. The highest BCUT2D eigenvalue weighted by molar-refractivity contribution is 6.21. The molecule has 2 aromatic carbocycles. The Hall–Kier alpha value is -2.35. The third kappa shape index (κ3) is 4.06. The lowest BCUT2D eigenvalue weighted by atomic mass is 9.97. The number of ketones is 1. The molecule has 0 aliphatic rings. The molecule has 2 aromatic rings. The Bertz CT molecular complexity index is 612. The van der Waals surface area contributed by atoms with Gasteiger partial charge in [0, 0.05) is 25.2 Å². The van der Waals surface area contributed by atoms with Crippen LogP contribution in [0.15, 0.2) is 60.8 Å². The number of rotatable bonds is 6. The van der Waals surface area contributed by atoms with Crippen molar-refractivity contribution in [3.63, 3.8) is 0 Å². The summed E-state index contributed by atoms with van der Waals surface area (Å²) in [5.41, 5.74) is 4.01. The van der Waals surface area contributed by atoms with E-state index in [0.717, 1.165) is 23.1 Å². The van der Waals surface area contributed by atoms with Gasteiger partial charge in [0.05, 0.1) is 0 Å². The highest BCUT2D eigenvalue weighted by Gasteiger charge is 2.12. The summed E-state index contributed by atoms with van der Waals surface area (Å²) in [7, 11) is 1.81. The molecule has 0 bridgehead atoms. The van der Waals surface area contributed by atoms with Gasteiger partial charge >= 0.3 is 0 Å². The summed E-state index contributed by atoms with van der Waals surface area (Å²) in [5, 5.41) is 2.97. The summed E-state index contributed by atoms with van der Waals surface area (Å²) >= 11 is 0. The number of hydrogen-bond acceptors (Lipinski definition) is 2. The third-order valence-corrected chi connectivity index (χ3v) is 3.47. The molecule has 108 valence electrons. The van der Waals surface area contributed by atoms with Crippen LogP contribution in [0.3, 0.4) is 0 Å². The zero-order chi connectivity index (χ0) is 15.1. The average molecular weight is 279 g/mol. The van der Waals surface area contributed by atoms with Gasteiger partial charge in [-0.15, -0.1) is 0 Å². The van der Waals surface area contributed by atoms with Gasteiger partial charge in [-0.3, -0.25) is 4.79 Å². The summed E-state index contributed by atoms with van der Waals surface area (Å²) < 4.78 is 0. The van der Waals surface area contributed by atoms with Gasteiger partial charge in [-0.2, -0.15) is 0 Å². The van der Waals surface area contributed by atoms with E-state index < -0.39 is 0 Å². The number of carbonyl (C=O) groups excluding carboxylic acids is 1. The molecular weight excluding hydrogens is 258 g/mol. The second-order valence-corrected chi connectivity index (χ2v) is 4.98. The fraction of sp³-hybridized carbons (Fsp3) is 0.211. The van der Waals surface area contributed by atoms with E-state index in [-0.39, 0.29) is 5.78 Å². The zero-order valence-electron chi connectivity index (χ0n) is 12.6. The van der Waals surface area contributed by atoms with E-state index in [0.29, 0.717) is 6.42 Å². The van der Waals surface area contributed by atoms with Crippen LogP contribution in [-0.4, -0.2) is 12.8 Å². The van der Waals surface area contributed by atoms with Gasteiger partial charge in [0.2, 0.25) is 0 Å². The maximum absolute atomic E-state index is 12.5. The lowest BCUT2D eigenvalue weighted by Gasteiger charge is -2.08. The summed E-state index contributed by atoms with van der Waals surface area (Å²) in [6.45, 7) is 2.13. The van der Waals surface area contributed by atoms with Crippen LogP contribution >= 0.6 is 0 Å².